The molecule has 1 aliphatic heterocycles. The minimum atomic E-state index is -0.503. The Morgan fingerprint density at radius 3 is 2.56 bits per heavy atom. The number of thiophene rings is 1. The van der Waals surface area contributed by atoms with Crippen LogP contribution in [0.1, 0.15) is 28.6 Å². The largest absolute Gasteiger partial charge is 0.484 e. The van der Waals surface area contributed by atoms with Gasteiger partial charge in [0.05, 0.1) is 24.3 Å². The van der Waals surface area contributed by atoms with E-state index in [0.29, 0.717) is 36.9 Å². The maximum Gasteiger partial charge on any atom is 0.341 e. The summed E-state index contributed by atoms with van der Waals surface area (Å²) in [5, 5.41) is 5.00. The number of hydrogen-bond donors (Lipinski definition) is 1. The predicted octanol–water partition coefficient (Wildman–Crippen LogP) is 6.60. The van der Waals surface area contributed by atoms with Crippen molar-refractivity contribution in [3.8, 4) is 16.9 Å². The van der Waals surface area contributed by atoms with E-state index in [2.05, 4.69) is 5.32 Å². The molecule has 0 radical (unpaired) electrons. The van der Waals surface area contributed by atoms with Crippen LogP contribution >= 0.6 is 35.3 Å². The van der Waals surface area contributed by atoms with Gasteiger partial charge < -0.3 is 19.2 Å². The average molecular weight is 605 g/mol. The number of ether oxygens (including phenoxy) is 2. The monoisotopic (exact) mass is 604 g/mol. The number of carbonyl (C=O) groups is 3. The van der Waals surface area contributed by atoms with Crippen LogP contribution in [0.3, 0.4) is 0 Å². The molecular weight excluding hydrogens is 581 g/mol. The summed E-state index contributed by atoms with van der Waals surface area (Å²) in [7, 11) is 0. The highest BCUT2D eigenvalue weighted by molar-refractivity contribution is 8.26. The van der Waals surface area contributed by atoms with E-state index in [1.165, 1.54) is 28.0 Å². The molecule has 1 fully saturated rings. The average Bonchev–Trinajstić information content (AvgIpc) is 3.71. The first kappa shape index (κ1) is 28.3. The van der Waals surface area contributed by atoms with Gasteiger partial charge in [0.1, 0.15) is 26.4 Å². The first-order valence-corrected chi connectivity index (χ1v) is 14.7. The van der Waals surface area contributed by atoms with Crippen molar-refractivity contribution in [1.82, 2.24) is 4.90 Å². The number of nitrogens with zero attached hydrogens (tertiary/aromatic N) is 1. The number of furan rings is 1. The number of esters is 1. The Morgan fingerprint density at radius 2 is 1.85 bits per heavy atom. The van der Waals surface area contributed by atoms with Crippen LogP contribution in [-0.4, -0.2) is 40.2 Å². The van der Waals surface area contributed by atoms with Crippen LogP contribution in [-0.2, 0) is 20.9 Å². The molecule has 8 nitrogen and oxygen atoms in total. The number of carbonyl (C=O) groups excluding carboxylic acids is 3. The van der Waals surface area contributed by atoms with Gasteiger partial charge in [0.25, 0.3) is 11.8 Å². The first-order chi connectivity index (χ1) is 19.9. The summed E-state index contributed by atoms with van der Waals surface area (Å²) in [6.45, 7) is 1.97. The third-order valence-electron chi connectivity index (χ3n) is 5.92. The Kier molecular flexibility index (Phi) is 8.98. The van der Waals surface area contributed by atoms with Crippen molar-refractivity contribution in [2.45, 2.75) is 13.5 Å². The standard InChI is InChI=1S/C30H24N2O6S3/c1-2-36-29(35)26-23(20-7-4-3-5-8-20)18-40-27(26)31-25(33)17-38-21-12-10-19(11-13-21)15-24-28(34)32(30(39)41-24)16-22-9-6-14-37-22/h3-15,18H,2,16-17H2,1H3,(H,31,33)/b24-15-. The van der Waals surface area contributed by atoms with Gasteiger partial charge in [-0.25, -0.2) is 4.79 Å². The molecule has 5 rings (SSSR count). The summed E-state index contributed by atoms with van der Waals surface area (Å²) in [6.07, 6.45) is 3.32. The minimum Gasteiger partial charge on any atom is -0.484 e. The number of hydrogen-bond acceptors (Lipinski definition) is 9. The van der Waals surface area contributed by atoms with Crippen molar-refractivity contribution in [3.63, 3.8) is 0 Å². The molecule has 41 heavy (non-hydrogen) atoms. The highest BCUT2D eigenvalue weighted by atomic mass is 32.2. The van der Waals surface area contributed by atoms with E-state index in [4.69, 9.17) is 26.1 Å². The number of thiocarbonyl (C=S) groups is 1. The van der Waals surface area contributed by atoms with Gasteiger partial charge in [-0.1, -0.05) is 66.4 Å². The van der Waals surface area contributed by atoms with Crippen molar-refractivity contribution >= 4 is 68.5 Å². The molecule has 0 aliphatic carbocycles. The van der Waals surface area contributed by atoms with Gasteiger partial charge in [-0.3, -0.25) is 14.5 Å². The second kappa shape index (κ2) is 13.0. The first-order valence-electron chi connectivity index (χ1n) is 12.6. The zero-order chi connectivity index (χ0) is 28.8. The van der Waals surface area contributed by atoms with E-state index in [9.17, 15) is 14.4 Å². The molecule has 3 heterocycles. The molecule has 0 saturated carbocycles. The quantitative estimate of drug-likeness (QED) is 0.123. The van der Waals surface area contributed by atoms with Gasteiger partial charge in [-0.2, -0.15) is 0 Å². The van der Waals surface area contributed by atoms with Gasteiger partial charge in [0.2, 0.25) is 0 Å². The lowest BCUT2D eigenvalue weighted by atomic mass is 10.0. The van der Waals surface area contributed by atoms with Crippen LogP contribution in [0, 0.1) is 0 Å². The highest BCUT2D eigenvalue weighted by Crippen LogP contribution is 2.36. The van der Waals surface area contributed by atoms with Crippen LogP contribution in [0.25, 0.3) is 17.2 Å². The fraction of sp³-hybridized carbons (Fsp3) is 0.133. The SMILES string of the molecule is CCOC(=O)c1c(-c2ccccc2)csc1NC(=O)COc1ccc(/C=C2\SC(=S)N(Cc3ccco3)C2=O)cc1. The molecule has 1 aliphatic rings. The number of anilines is 1. The smallest absolute Gasteiger partial charge is 0.341 e. The lowest BCUT2D eigenvalue weighted by Gasteiger charge is -2.12. The Bertz CT molecular complexity index is 1590. The van der Waals surface area contributed by atoms with Crippen LogP contribution in [0.2, 0.25) is 0 Å². The molecule has 4 aromatic rings. The van der Waals surface area contributed by atoms with E-state index in [0.717, 1.165) is 11.1 Å². The van der Waals surface area contributed by atoms with Gasteiger partial charge in [0, 0.05) is 10.9 Å². The Morgan fingerprint density at radius 1 is 1.07 bits per heavy atom. The van der Waals surface area contributed by atoms with Gasteiger partial charge in [-0.15, -0.1) is 11.3 Å². The molecule has 2 aromatic carbocycles. The van der Waals surface area contributed by atoms with E-state index in [1.54, 1.807) is 55.7 Å². The fourth-order valence-electron chi connectivity index (χ4n) is 4.00. The molecule has 0 atom stereocenters. The topological polar surface area (TPSA) is 98.1 Å². The summed E-state index contributed by atoms with van der Waals surface area (Å²) in [6, 6.07) is 20.0. The molecule has 2 amide bonds. The summed E-state index contributed by atoms with van der Waals surface area (Å²) in [5.74, 6) is 0.0311. The van der Waals surface area contributed by atoms with Crippen LogP contribution in [0.15, 0.2) is 87.7 Å². The predicted molar refractivity (Wildman–Crippen MR) is 164 cm³/mol. The number of amides is 2. The summed E-state index contributed by atoms with van der Waals surface area (Å²) >= 11 is 7.86. The fourth-order valence-corrected chi connectivity index (χ4v) is 6.23. The van der Waals surface area contributed by atoms with Gasteiger partial charge >= 0.3 is 5.97 Å². The second-order valence-electron chi connectivity index (χ2n) is 8.69. The molecule has 0 bridgehead atoms. The zero-order valence-corrected chi connectivity index (χ0v) is 24.3. The van der Waals surface area contributed by atoms with E-state index in [1.807, 2.05) is 35.7 Å². The minimum absolute atomic E-state index is 0.181. The molecule has 1 N–H and O–H groups in total. The molecule has 11 heteroatoms. The van der Waals surface area contributed by atoms with Gasteiger partial charge in [0.15, 0.2) is 6.61 Å². The molecule has 2 aromatic heterocycles. The summed E-state index contributed by atoms with van der Waals surface area (Å²) < 4.78 is 16.7. The van der Waals surface area contributed by atoms with Crippen molar-refractivity contribution in [2.75, 3.05) is 18.5 Å². The highest BCUT2D eigenvalue weighted by Gasteiger charge is 2.32. The molecule has 0 unspecified atom stereocenters. The number of benzene rings is 2. The van der Waals surface area contributed by atoms with Crippen LogP contribution in [0.5, 0.6) is 5.75 Å². The lowest BCUT2D eigenvalue weighted by Crippen LogP contribution is -2.27. The van der Waals surface area contributed by atoms with E-state index >= 15 is 0 Å². The van der Waals surface area contributed by atoms with Crippen molar-refractivity contribution in [2.24, 2.45) is 0 Å². The number of rotatable bonds is 10. The van der Waals surface area contributed by atoms with E-state index < -0.39 is 11.9 Å². The van der Waals surface area contributed by atoms with E-state index in [-0.39, 0.29) is 25.7 Å². The van der Waals surface area contributed by atoms with Gasteiger partial charge in [-0.05, 0) is 48.4 Å². The molecule has 1 saturated heterocycles. The second-order valence-corrected chi connectivity index (χ2v) is 11.2. The van der Waals surface area contributed by atoms with Crippen LogP contribution < -0.4 is 10.1 Å². The maximum atomic E-state index is 12.8. The molecule has 208 valence electrons. The Hall–Kier alpha value is -4.19. The number of thioether (sulfide) groups is 1. The Balaban J connectivity index is 1.20. The maximum absolute atomic E-state index is 12.8. The van der Waals surface area contributed by atoms with Crippen LogP contribution in [0.4, 0.5) is 5.00 Å². The third-order valence-corrected chi connectivity index (χ3v) is 8.20. The lowest BCUT2D eigenvalue weighted by molar-refractivity contribution is -0.122. The zero-order valence-electron chi connectivity index (χ0n) is 21.8. The normalized spacial score (nSPS) is 14.0. The third kappa shape index (κ3) is 6.76. The van der Waals surface area contributed by atoms with Crippen molar-refractivity contribution in [3.05, 3.63) is 100 Å². The summed E-state index contributed by atoms with van der Waals surface area (Å²) in [4.78, 5) is 40.3. The Labute approximate surface area is 249 Å². The summed E-state index contributed by atoms with van der Waals surface area (Å²) in [5.41, 5.74) is 2.64. The van der Waals surface area contributed by atoms with Crippen molar-refractivity contribution < 1.29 is 28.3 Å². The van der Waals surface area contributed by atoms with Crippen molar-refractivity contribution in [1.29, 1.82) is 0 Å². The number of nitrogens with one attached hydrogen (secondary N) is 1. The molecule has 0 spiro atoms. The molecular formula is C30H24N2O6S3.